The number of aliphatic hydroxyl groups is 4. The largest absolute Gasteiger partial charge is 0.469 e. The molecule has 0 aliphatic carbocycles. The molecule has 0 unspecified atom stereocenters. The van der Waals surface area contributed by atoms with E-state index in [-0.39, 0.29) is 19.2 Å². The highest BCUT2D eigenvalue weighted by Gasteiger charge is 2.36. The molecule has 0 aromatic carbocycles. The van der Waals surface area contributed by atoms with Crippen LogP contribution < -0.4 is 0 Å². The van der Waals surface area contributed by atoms with Gasteiger partial charge in [0.05, 0.1) is 7.11 Å². The van der Waals surface area contributed by atoms with Crippen LogP contribution in [-0.4, -0.2) is 52.5 Å². The molecule has 0 heterocycles. The second-order valence-corrected chi connectivity index (χ2v) is 5.78. The zero-order valence-corrected chi connectivity index (χ0v) is 15.1. The minimum Gasteiger partial charge on any atom is -0.469 e. The highest BCUT2D eigenvalue weighted by molar-refractivity contribution is 5.68. The van der Waals surface area contributed by atoms with E-state index in [4.69, 9.17) is 10.2 Å². The first-order valence-corrected chi connectivity index (χ1v) is 7.77. The average molecular weight is 324 g/mol. The van der Waals surface area contributed by atoms with Crippen molar-refractivity contribution < 1.29 is 30.0 Å². The number of hydrogen-bond donors (Lipinski definition) is 4. The third-order valence-corrected chi connectivity index (χ3v) is 3.16. The summed E-state index contributed by atoms with van der Waals surface area (Å²) in [6.07, 6.45) is 3.71. The molecule has 4 N–H and O–H groups in total. The lowest BCUT2D eigenvalue weighted by Gasteiger charge is -2.35. The van der Waals surface area contributed by atoms with E-state index in [2.05, 4.69) is 4.74 Å². The number of carbonyl (C=O) groups is 1. The van der Waals surface area contributed by atoms with E-state index in [0.29, 0.717) is 12.8 Å². The van der Waals surface area contributed by atoms with Gasteiger partial charge in [-0.05, 0) is 26.2 Å². The van der Waals surface area contributed by atoms with Gasteiger partial charge >= 0.3 is 5.97 Å². The molecule has 0 radical (unpaired) electrons. The number of aliphatic hydroxyl groups excluding tert-OH is 2. The molecule has 0 aliphatic heterocycles. The Kier molecular flexibility index (Phi) is 18.1. The van der Waals surface area contributed by atoms with Crippen molar-refractivity contribution in [1.82, 2.24) is 0 Å². The van der Waals surface area contributed by atoms with Crippen LogP contribution in [0.15, 0.2) is 0 Å². The van der Waals surface area contributed by atoms with Crippen molar-refractivity contribution in [2.75, 3.05) is 20.3 Å². The van der Waals surface area contributed by atoms with Crippen LogP contribution in [0.5, 0.6) is 0 Å². The van der Waals surface area contributed by atoms with Crippen molar-refractivity contribution in [2.24, 2.45) is 5.41 Å². The van der Waals surface area contributed by atoms with E-state index in [1.165, 1.54) is 14.0 Å². The molecule has 0 rings (SSSR count). The molecule has 0 aliphatic rings. The first-order chi connectivity index (χ1) is 10.0. The van der Waals surface area contributed by atoms with Gasteiger partial charge in [0.25, 0.3) is 0 Å². The predicted molar refractivity (Wildman–Crippen MR) is 87.2 cm³/mol. The van der Waals surface area contributed by atoms with Crippen LogP contribution in [0.1, 0.15) is 66.7 Å². The maximum absolute atomic E-state index is 10.2. The van der Waals surface area contributed by atoms with Gasteiger partial charge in [-0.1, -0.05) is 34.1 Å². The molecular weight excluding hydrogens is 288 g/mol. The molecule has 0 fully saturated rings. The summed E-state index contributed by atoms with van der Waals surface area (Å²) >= 11 is 0. The molecule has 136 valence electrons. The van der Waals surface area contributed by atoms with Gasteiger partial charge in [0.2, 0.25) is 0 Å². The number of esters is 1. The minimum atomic E-state index is -1.55. The Morgan fingerprint density at radius 3 is 1.55 bits per heavy atom. The van der Waals surface area contributed by atoms with E-state index in [9.17, 15) is 15.0 Å². The summed E-state index contributed by atoms with van der Waals surface area (Å²) in [5, 5.41) is 34.3. The highest BCUT2D eigenvalue weighted by atomic mass is 16.5. The van der Waals surface area contributed by atoms with Gasteiger partial charge < -0.3 is 25.2 Å². The second-order valence-electron chi connectivity index (χ2n) is 5.78. The summed E-state index contributed by atoms with van der Waals surface area (Å²) in [5.74, 6) is -1.68. The molecule has 0 saturated heterocycles. The van der Waals surface area contributed by atoms with Gasteiger partial charge in [0.1, 0.15) is 0 Å². The Labute approximate surface area is 135 Å². The van der Waals surface area contributed by atoms with Crippen molar-refractivity contribution in [1.29, 1.82) is 0 Å². The van der Waals surface area contributed by atoms with E-state index < -0.39 is 11.2 Å². The van der Waals surface area contributed by atoms with Gasteiger partial charge in [-0.3, -0.25) is 4.79 Å². The molecule has 0 aromatic rings. The topological polar surface area (TPSA) is 107 Å². The fourth-order valence-corrected chi connectivity index (χ4v) is 1.24. The number of carbonyl (C=O) groups excluding carboxylic acids is 1. The van der Waals surface area contributed by atoms with Gasteiger partial charge in [-0.25, -0.2) is 0 Å². The zero-order chi connectivity index (χ0) is 18.2. The van der Waals surface area contributed by atoms with Crippen molar-refractivity contribution >= 4 is 5.97 Å². The number of rotatable bonds is 7. The van der Waals surface area contributed by atoms with Crippen molar-refractivity contribution in [3.05, 3.63) is 0 Å². The molecule has 0 bridgehead atoms. The summed E-state index contributed by atoms with van der Waals surface area (Å²) in [5.41, 5.74) is -0.401. The number of hydrogen-bond acceptors (Lipinski definition) is 6. The molecule has 0 saturated carbocycles. The highest BCUT2D eigenvalue weighted by Crippen LogP contribution is 2.32. The summed E-state index contributed by atoms with van der Waals surface area (Å²) in [6.45, 7) is 9.31. The number of ether oxygens (including phenoxy) is 1. The van der Waals surface area contributed by atoms with Gasteiger partial charge in [0, 0.05) is 25.0 Å². The summed E-state index contributed by atoms with van der Waals surface area (Å²) in [4.78, 5) is 10.2. The van der Waals surface area contributed by atoms with Crippen molar-refractivity contribution in [3.63, 3.8) is 0 Å². The van der Waals surface area contributed by atoms with Gasteiger partial charge in [-0.15, -0.1) is 0 Å². The molecule has 0 spiro atoms. The first kappa shape index (κ1) is 26.2. The Morgan fingerprint density at radius 2 is 1.45 bits per heavy atom. The fourth-order valence-electron chi connectivity index (χ4n) is 1.24. The van der Waals surface area contributed by atoms with Gasteiger partial charge in [0.15, 0.2) is 5.79 Å². The fraction of sp³-hybridized carbons (Fsp3) is 0.938. The van der Waals surface area contributed by atoms with Crippen LogP contribution >= 0.6 is 0 Å². The van der Waals surface area contributed by atoms with E-state index >= 15 is 0 Å². The molecule has 6 heteroatoms. The third kappa shape index (κ3) is 17.4. The lowest BCUT2D eigenvalue weighted by Crippen LogP contribution is -2.41. The normalized spacial score (nSPS) is 10.8. The quantitative estimate of drug-likeness (QED) is 0.420. The van der Waals surface area contributed by atoms with Crippen LogP contribution in [0.3, 0.4) is 0 Å². The van der Waals surface area contributed by atoms with E-state index in [0.717, 1.165) is 19.3 Å². The van der Waals surface area contributed by atoms with Crippen LogP contribution in [-0.2, 0) is 9.53 Å². The SMILES string of the molecule is CCCC(=O)OC.CCCC(C)(C)C(C)(O)O.OCCCO. The van der Waals surface area contributed by atoms with Crippen LogP contribution in [0.2, 0.25) is 0 Å². The maximum Gasteiger partial charge on any atom is 0.305 e. The monoisotopic (exact) mass is 324 g/mol. The zero-order valence-electron chi connectivity index (χ0n) is 15.1. The lowest BCUT2D eigenvalue weighted by molar-refractivity contribution is -0.220. The standard InChI is InChI=1S/C8H18O2.C5H10O2.C3H8O2/c1-5-6-7(2,3)8(4,9)10;1-3-4-5(6)7-2;4-2-1-3-5/h9-10H,5-6H2,1-4H3;3-4H2,1-2H3;4-5H,1-3H2. The van der Waals surface area contributed by atoms with Crippen molar-refractivity contribution in [2.45, 2.75) is 72.5 Å². The smallest absolute Gasteiger partial charge is 0.305 e. The Bertz CT molecular complexity index is 244. The van der Waals surface area contributed by atoms with Crippen LogP contribution in [0, 0.1) is 5.41 Å². The third-order valence-electron chi connectivity index (χ3n) is 3.16. The minimum absolute atomic E-state index is 0.0938. The Balaban J connectivity index is -0.000000263. The van der Waals surface area contributed by atoms with Crippen LogP contribution in [0.4, 0.5) is 0 Å². The molecular formula is C16H36O6. The number of methoxy groups -OCH3 is 1. The molecule has 6 nitrogen and oxygen atoms in total. The predicted octanol–water partition coefficient (Wildman–Crippen LogP) is 1.83. The first-order valence-electron chi connectivity index (χ1n) is 7.77. The van der Waals surface area contributed by atoms with Crippen molar-refractivity contribution in [3.8, 4) is 0 Å². The van der Waals surface area contributed by atoms with E-state index in [1.807, 2.05) is 27.7 Å². The Hall–Kier alpha value is -0.690. The second kappa shape index (κ2) is 15.2. The Morgan fingerprint density at radius 1 is 1.00 bits per heavy atom. The van der Waals surface area contributed by atoms with E-state index in [1.54, 1.807) is 0 Å². The van der Waals surface area contributed by atoms with Crippen LogP contribution in [0.25, 0.3) is 0 Å². The summed E-state index contributed by atoms with van der Waals surface area (Å²) in [6, 6.07) is 0. The molecule has 0 aromatic heterocycles. The van der Waals surface area contributed by atoms with Gasteiger partial charge in [-0.2, -0.15) is 0 Å². The molecule has 0 atom stereocenters. The lowest BCUT2D eigenvalue weighted by atomic mass is 9.80. The summed E-state index contributed by atoms with van der Waals surface area (Å²) in [7, 11) is 1.40. The summed E-state index contributed by atoms with van der Waals surface area (Å²) < 4.78 is 4.35. The average Bonchev–Trinajstić information content (AvgIpc) is 2.40. The molecule has 22 heavy (non-hydrogen) atoms. The maximum atomic E-state index is 10.2. The molecule has 0 amide bonds.